The number of nitrogens with zero attached hydrogens (tertiary/aromatic N) is 2. The fraction of sp³-hybridized carbons (Fsp3) is 0.412. The van der Waals surface area contributed by atoms with Gasteiger partial charge in [-0.15, -0.1) is 0 Å². The van der Waals surface area contributed by atoms with Crippen LogP contribution in [0, 0.1) is 0 Å². The van der Waals surface area contributed by atoms with Gasteiger partial charge in [-0.1, -0.05) is 12.1 Å². The van der Waals surface area contributed by atoms with Crippen LogP contribution in [-0.2, 0) is 16.1 Å². The summed E-state index contributed by atoms with van der Waals surface area (Å²) in [6.45, 7) is 4.68. The summed E-state index contributed by atoms with van der Waals surface area (Å²) >= 11 is 0. The van der Waals surface area contributed by atoms with Gasteiger partial charge in [0.05, 0.1) is 7.11 Å². The Morgan fingerprint density at radius 2 is 2.14 bits per heavy atom. The maximum absolute atomic E-state index is 12.3. The van der Waals surface area contributed by atoms with Gasteiger partial charge in [-0.25, -0.2) is 0 Å². The number of aromatic nitrogens is 1. The number of amides is 1. The molecule has 1 aromatic carbocycles. The van der Waals surface area contributed by atoms with Gasteiger partial charge in [-0.05, 0) is 31.5 Å². The Bertz CT molecular complexity index is 657. The van der Waals surface area contributed by atoms with Crippen LogP contribution in [0.4, 0.5) is 0 Å². The lowest BCUT2D eigenvalue weighted by molar-refractivity contribution is -0.141. The minimum Gasteiger partial charge on any atom is -0.494 e. The van der Waals surface area contributed by atoms with Crippen molar-refractivity contribution < 1.29 is 14.3 Å². The van der Waals surface area contributed by atoms with Gasteiger partial charge < -0.3 is 14.4 Å². The van der Waals surface area contributed by atoms with Crippen molar-refractivity contribution in [1.82, 2.24) is 9.88 Å². The number of methoxy groups -OCH3 is 1. The van der Waals surface area contributed by atoms with E-state index in [9.17, 15) is 4.79 Å². The Balaban J connectivity index is 2.27. The number of rotatable bonds is 6. The highest BCUT2D eigenvalue weighted by molar-refractivity contribution is 5.88. The fourth-order valence-corrected chi connectivity index (χ4v) is 2.47. The number of hydrogen-bond acceptors (Lipinski definition) is 4. The summed E-state index contributed by atoms with van der Waals surface area (Å²) in [6.07, 6.45) is 1.30. The number of pyridine rings is 1. The molecular weight excluding hydrogens is 280 g/mol. The van der Waals surface area contributed by atoms with E-state index in [0.717, 1.165) is 22.2 Å². The van der Waals surface area contributed by atoms with Crippen molar-refractivity contribution in [2.24, 2.45) is 0 Å². The van der Waals surface area contributed by atoms with Gasteiger partial charge >= 0.3 is 0 Å². The summed E-state index contributed by atoms with van der Waals surface area (Å²) in [5.41, 5.74) is 1.84. The second-order valence-electron chi connectivity index (χ2n) is 5.12. The van der Waals surface area contributed by atoms with Crippen LogP contribution < -0.4 is 4.74 Å². The molecule has 0 aliphatic carbocycles. The number of likely N-dealkylation sites (N-methyl/N-ethyl adjacent to an activating group) is 1. The van der Waals surface area contributed by atoms with Crippen LogP contribution in [0.2, 0.25) is 0 Å². The summed E-state index contributed by atoms with van der Waals surface area (Å²) < 4.78 is 10.7. The smallest absolute Gasteiger partial charge is 0.251 e. The Morgan fingerprint density at radius 1 is 1.36 bits per heavy atom. The lowest BCUT2D eigenvalue weighted by atomic mass is 10.1. The van der Waals surface area contributed by atoms with Crippen LogP contribution in [0.1, 0.15) is 19.4 Å². The molecule has 0 aliphatic rings. The van der Waals surface area contributed by atoms with Crippen LogP contribution in [-0.4, -0.2) is 42.7 Å². The van der Waals surface area contributed by atoms with Crippen molar-refractivity contribution in [3.8, 4) is 5.75 Å². The predicted molar refractivity (Wildman–Crippen MR) is 85.9 cm³/mol. The average molecular weight is 302 g/mol. The first-order valence-corrected chi connectivity index (χ1v) is 7.35. The molecule has 2 rings (SSSR count). The molecule has 118 valence electrons. The monoisotopic (exact) mass is 302 g/mol. The van der Waals surface area contributed by atoms with E-state index in [1.54, 1.807) is 32.2 Å². The third-order valence-corrected chi connectivity index (χ3v) is 3.59. The number of fused-ring (bicyclic) bond motifs is 1. The van der Waals surface area contributed by atoms with E-state index in [-0.39, 0.29) is 5.91 Å². The standard InChI is InChI=1S/C17H22N2O3/c1-5-22-12(2)17(20)19(3)11-13-8-9-15(21-4)16-14(13)7-6-10-18-16/h6-10,12H,5,11H2,1-4H3/t12-/m1/s1. The summed E-state index contributed by atoms with van der Waals surface area (Å²) in [4.78, 5) is 18.3. The Hall–Kier alpha value is -2.14. The van der Waals surface area contributed by atoms with Crippen LogP contribution in [0.5, 0.6) is 5.75 Å². The number of carbonyl (C=O) groups is 1. The minimum absolute atomic E-state index is 0.0327. The van der Waals surface area contributed by atoms with Crippen molar-refractivity contribution in [1.29, 1.82) is 0 Å². The molecular formula is C17H22N2O3. The van der Waals surface area contributed by atoms with Crippen LogP contribution >= 0.6 is 0 Å². The molecule has 0 bridgehead atoms. The zero-order valence-corrected chi connectivity index (χ0v) is 13.5. The molecule has 0 saturated heterocycles. The van der Waals surface area contributed by atoms with E-state index in [4.69, 9.17) is 9.47 Å². The summed E-state index contributed by atoms with van der Waals surface area (Å²) in [5, 5.41) is 0.991. The van der Waals surface area contributed by atoms with E-state index < -0.39 is 6.10 Å². The van der Waals surface area contributed by atoms with Crippen molar-refractivity contribution in [3.05, 3.63) is 36.0 Å². The third kappa shape index (κ3) is 3.36. The van der Waals surface area contributed by atoms with E-state index in [1.165, 1.54) is 0 Å². The highest BCUT2D eigenvalue weighted by Gasteiger charge is 2.18. The summed E-state index contributed by atoms with van der Waals surface area (Å²) in [6, 6.07) is 7.73. The van der Waals surface area contributed by atoms with E-state index >= 15 is 0 Å². The molecule has 0 spiro atoms. The minimum atomic E-state index is -0.433. The average Bonchev–Trinajstić information content (AvgIpc) is 2.54. The van der Waals surface area contributed by atoms with Crippen LogP contribution in [0.25, 0.3) is 10.9 Å². The molecule has 1 aromatic heterocycles. The molecule has 5 nitrogen and oxygen atoms in total. The van der Waals surface area contributed by atoms with Gasteiger partial charge in [0, 0.05) is 31.8 Å². The fourth-order valence-electron chi connectivity index (χ4n) is 2.47. The highest BCUT2D eigenvalue weighted by atomic mass is 16.5. The first-order chi connectivity index (χ1) is 10.6. The Kier molecular flexibility index (Phi) is 5.33. The van der Waals surface area contributed by atoms with Gasteiger partial charge in [-0.3, -0.25) is 9.78 Å². The molecule has 0 saturated carbocycles. The van der Waals surface area contributed by atoms with Gasteiger partial charge in [-0.2, -0.15) is 0 Å². The molecule has 22 heavy (non-hydrogen) atoms. The van der Waals surface area contributed by atoms with Crippen molar-refractivity contribution >= 4 is 16.8 Å². The molecule has 0 radical (unpaired) electrons. The number of ether oxygens (including phenoxy) is 2. The molecule has 0 N–H and O–H groups in total. The summed E-state index contributed by atoms with van der Waals surface area (Å²) in [7, 11) is 3.41. The lowest BCUT2D eigenvalue weighted by Gasteiger charge is -2.22. The molecule has 0 fully saturated rings. The van der Waals surface area contributed by atoms with E-state index in [0.29, 0.717) is 13.2 Å². The van der Waals surface area contributed by atoms with Crippen LogP contribution in [0.3, 0.4) is 0 Å². The van der Waals surface area contributed by atoms with Gasteiger partial charge in [0.1, 0.15) is 17.4 Å². The molecule has 5 heteroatoms. The maximum Gasteiger partial charge on any atom is 0.251 e. The molecule has 0 unspecified atom stereocenters. The molecule has 0 aliphatic heterocycles. The first-order valence-electron chi connectivity index (χ1n) is 7.35. The van der Waals surface area contributed by atoms with Crippen molar-refractivity contribution in [3.63, 3.8) is 0 Å². The molecule has 2 aromatic rings. The number of benzene rings is 1. The van der Waals surface area contributed by atoms with E-state index in [1.807, 2.05) is 31.2 Å². The largest absolute Gasteiger partial charge is 0.494 e. The SMILES string of the molecule is CCO[C@H](C)C(=O)N(C)Cc1ccc(OC)c2ncccc12. The van der Waals surface area contributed by atoms with Crippen molar-refractivity contribution in [2.75, 3.05) is 20.8 Å². The van der Waals surface area contributed by atoms with Crippen LogP contribution in [0.15, 0.2) is 30.5 Å². The summed E-state index contributed by atoms with van der Waals surface area (Å²) in [5.74, 6) is 0.700. The Labute approximate surface area is 130 Å². The zero-order chi connectivity index (χ0) is 16.1. The number of carbonyl (C=O) groups excluding carboxylic acids is 1. The van der Waals surface area contributed by atoms with Gasteiger partial charge in [0.2, 0.25) is 0 Å². The third-order valence-electron chi connectivity index (χ3n) is 3.59. The lowest BCUT2D eigenvalue weighted by Crippen LogP contribution is -2.35. The number of hydrogen-bond donors (Lipinski definition) is 0. The molecule has 1 heterocycles. The highest BCUT2D eigenvalue weighted by Crippen LogP contribution is 2.27. The topological polar surface area (TPSA) is 51.7 Å². The second-order valence-corrected chi connectivity index (χ2v) is 5.12. The molecule has 1 atom stereocenters. The second kappa shape index (κ2) is 7.22. The molecule has 1 amide bonds. The zero-order valence-electron chi connectivity index (χ0n) is 13.5. The van der Waals surface area contributed by atoms with E-state index in [2.05, 4.69) is 4.98 Å². The van der Waals surface area contributed by atoms with Crippen molar-refractivity contribution in [2.45, 2.75) is 26.5 Å². The normalized spacial score (nSPS) is 12.2. The first kappa shape index (κ1) is 16.2. The maximum atomic E-state index is 12.3. The van der Waals surface area contributed by atoms with Gasteiger partial charge in [0.15, 0.2) is 0 Å². The Morgan fingerprint density at radius 3 is 2.82 bits per heavy atom. The quantitative estimate of drug-likeness (QED) is 0.823. The predicted octanol–water partition coefficient (Wildman–Crippen LogP) is 2.63. The van der Waals surface area contributed by atoms with Gasteiger partial charge in [0.25, 0.3) is 5.91 Å².